The minimum atomic E-state index is -4.43. The summed E-state index contributed by atoms with van der Waals surface area (Å²) in [6, 6.07) is 12.2. The van der Waals surface area contributed by atoms with Crippen molar-refractivity contribution >= 4 is 40.1 Å². The Kier molecular flexibility index (Phi) is 6.16. The highest BCUT2D eigenvalue weighted by molar-refractivity contribution is 7.15. The van der Waals surface area contributed by atoms with Crippen LogP contribution in [-0.2, 0) is 17.4 Å². The quantitative estimate of drug-likeness (QED) is 0.508. The molecule has 0 aliphatic rings. The maximum absolute atomic E-state index is 12.7. The highest BCUT2D eigenvalue weighted by Gasteiger charge is 2.30. The molecular formula is C20H14ClF3N2OS. The minimum Gasteiger partial charge on any atom is -0.298 e. The third-order valence-electron chi connectivity index (χ3n) is 3.75. The Morgan fingerprint density at radius 2 is 1.96 bits per heavy atom. The zero-order valence-electron chi connectivity index (χ0n) is 14.3. The second-order valence-corrected chi connectivity index (χ2v) is 7.37. The van der Waals surface area contributed by atoms with Crippen LogP contribution in [0.1, 0.15) is 21.6 Å². The number of nitrogens with zero attached hydrogens (tertiary/aromatic N) is 1. The van der Waals surface area contributed by atoms with Gasteiger partial charge < -0.3 is 0 Å². The Hall–Kier alpha value is -2.64. The summed E-state index contributed by atoms with van der Waals surface area (Å²) in [5.74, 6) is -0.476. The van der Waals surface area contributed by atoms with Crippen molar-refractivity contribution in [1.29, 1.82) is 0 Å². The van der Waals surface area contributed by atoms with E-state index in [1.54, 1.807) is 12.3 Å². The molecule has 8 heteroatoms. The Balaban J connectivity index is 1.62. The molecule has 0 unspecified atom stereocenters. The fourth-order valence-corrected chi connectivity index (χ4v) is 3.46. The van der Waals surface area contributed by atoms with Crippen molar-refractivity contribution in [2.24, 2.45) is 0 Å². The average Bonchev–Trinajstić information content (AvgIpc) is 3.08. The number of halogens is 4. The van der Waals surface area contributed by atoms with E-state index in [1.165, 1.54) is 35.6 Å². The molecule has 1 heterocycles. The molecule has 1 aromatic heterocycles. The first-order chi connectivity index (χ1) is 13.3. The van der Waals surface area contributed by atoms with Crippen LogP contribution in [-0.4, -0.2) is 10.9 Å². The summed E-state index contributed by atoms with van der Waals surface area (Å²) in [6.07, 6.45) is 0.311. The number of hydrogen-bond acceptors (Lipinski definition) is 3. The van der Waals surface area contributed by atoms with E-state index in [4.69, 9.17) is 11.6 Å². The van der Waals surface area contributed by atoms with Crippen LogP contribution in [0.15, 0.2) is 60.8 Å². The molecule has 3 rings (SSSR count). The number of carbonyl (C=O) groups is 1. The molecule has 0 bridgehead atoms. The number of carbonyl (C=O) groups excluding carboxylic acids is 1. The lowest BCUT2D eigenvalue weighted by Crippen LogP contribution is -2.07. The van der Waals surface area contributed by atoms with E-state index < -0.39 is 17.6 Å². The fraction of sp³-hybridized carbons (Fsp3) is 0.100. The third-order valence-corrected chi connectivity index (χ3v) is 5.03. The van der Waals surface area contributed by atoms with Gasteiger partial charge >= 0.3 is 6.18 Å². The number of anilines is 1. The molecule has 0 aliphatic carbocycles. The standard InChI is InChI=1S/C20H14ClF3N2OS/c21-17-7-2-1-5-14(17)11-16-12-25-19(28-16)26-18(27)9-8-13-4-3-6-15(10-13)20(22,23)24/h1-10,12H,11H2,(H,25,26,27)/b9-8+. The molecule has 28 heavy (non-hydrogen) atoms. The summed E-state index contributed by atoms with van der Waals surface area (Å²) in [7, 11) is 0. The number of thiazole rings is 1. The van der Waals surface area contributed by atoms with E-state index in [0.29, 0.717) is 16.6 Å². The Morgan fingerprint density at radius 3 is 2.71 bits per heavy atom. The van der Waals surface area contributed by atoms with Gasteiger partial charge in [0.25, 0.3) is 0 Å². The second-order valence-electron chi connectivity index (χ2n) is 5.85. The molecule has 3 aromatic rings. The number of alkyl halides is 3. The zero-order valence-corrected chi connectivity index (χ0v) is 15.9. The minimum absolute atomic E-state index is 0.281. The van der Waals surface area contributed by atoms with E-state index in [-0.39, 0.29) is 5.56 Å². The van der Waals surface area contributed by atoms with Crippen LogP contribution in [0.4, 0.5) is 18.3 Å². The second kappa shape index (κ2) is 8.58. The summed E-state index contributed by atoms with van der Waals surface area (Å²) in [6.45, 7) is 0. The van der Waals surface area contributed by atoms with Crippen molar-refractivity contribution in [3.63, 3.8) is 0 Å². The van der Waals surface area contributed by atoms with Crippen LogP contribution < -0.4 is 5.32 Å². The lowest BCUT2D eigenvalue weighted by molar-refractivity contribution is -0.137. The van der Waals surface area contributed by atoms with E-state index in [9.17, 15) is 18.0 Å². The zero-order chi connectivity index (χ0) is 20.1. The van der Waals surface area contributed by atoms with Gasteiger partial charge in [0.2, 0.25) is 5.91 Å². The first-order valence-corrected chi connectivity index (χ1v) is 9.35. The fourth-order valence-electron chi connectivity index (χ4n) is 2.41. The normalized spacial score (nSPS) is 11.7. The number of rotatable bonds is 5. The van der Waals surface area contributed by atoms with Crippen LogP contribution in [0, 0.1) is 0 Å². The molecule has 1 N–H and O–H groups in total. The predicted octanol–water partition coefficient (Wildman–Crippen LogP) is 6.06. The highest BCUT2D eigenvalue weighted by atomic mass is 35.5. The summed E-state index contributed by atoms with van der Waals surface area (Å²) >= 11 is 7.45. The van der Waals surface area contributed by atoms with Gasteiger partial charge in [-0.1, -0.05) is 41.9 Å². The molecule has 3 nitrogen and oxygen atoms in total. The molecular weight excluding hydrogens is 409 g/mol. The van der Waals surface area contributed by atoms with Crippen LogP contribution >= 0.6 is 22.9 Å². The molecule has 0 saturated heterocycles. The van der Waals surface area contributed by atoms with Crippen LogP contribution in [0.3, 0.4) is 0 Å². The van der Waals surface area contributed by atoms with E-state index in [0.717, 1.165) is 22.6 Å². The molecule has 0 fully saturated rings. The van der Waals surface area contributed by atoms with Crippen molar-refractivity contribution < 1.29 is 18.0 Å². The van der Waals surface area contributed by atoms with Crippen molar-refractivity contribution in [1.82, 2.24) is 4.98 Å². The van der Waals surface area contributed by atoms with Crippen LogP contribution in [0.25, 0.3) is 6.08 Å². The van der Waals surface area contributed by atoms with Gasteiger partial charge in [0, 0.05) is 28.6 Å². The molecule has 0 atom stereocenters. The predicted molar refractivity (Wildman–Crippen MR) is 105 cm³/mol. The van der Waals surface area contributed by atoms with Gasteiger partial charge in [-0.05, 0) is 35.4 Å². The monoisotopic (exact) mass is 422 g/mol. The summed E-state index contributed by atoms with van der Waals surface area (Å²) in [5.41, 5.74) is 0.470. The Morgan fingerprint density at radius 1 is 1.18 bits per heavy atom. The highest BCUT2D eigenvalue weighted by Crippen LogP contribution is 2.30. The largest absolute Gasteiger partial charge is 0.416 e. The number of benzene rings is 2. The number of aromatic nitrogens is 1. The Bertz CT molecular complexity index is 1010. The maximum atomic E-state index is 12.7. The van der Waals surface area contributed by atoms with Gasteiger partial charge in [-0.3, -0.25) is 10.1 Å². The summed E-state index contributed by atoms with van der Waals surface area (Å²) in [5, 5.41) is 3.67. The van der Waals surface area contributed by atoms with Gasteiger partial charge in [0.15, 0.2) is 5.13 Å². The molecule has 144 valence electrons. The number of nitrogens with one attached hydrogen (secondary N) is 1. The lowest BCUT2D eigenvalue weighted by atomic mass is 10.1. The molecule has 0 saturated carbocycles. The van der Waals surface area contributed by atoms with Crippen molar-refractivity contribution in [3.05, 3.63) is 87.4 Å². The molecule has 0 aliphatic heterocycles. The van der Waals surface area contributed by atoms with E-state index in [2.05, 4.69) is 10.3 Å². The first-order valence-electron chi connectivity index (χ1n) is 8.16. The van der Waals surface area contributed by atoms with Crippen molar-refractivity contribution in [3.8, 4) is 0 Å². The summed E-state index contributed by atoms with van der Waals surface area (Å²) < 4.78 is 38.2. The van der Waals surface area contributed by atoms with Crippen LogP contribution in [0.2, 0.25) is 5.02 Å². The van der Waals surface area contributed by atoms with Gasteiger partial charge in [-0.25, -0.2) is 4.98 Å². The van der Waals surface area contributed by atoms with Crippen molar-refractivity contribution in [2.75, 3.05) is 5.32 Å². The van der Waals surface area contributed by atoms with Crippen molar-refractivity contribution in [2.45, 2.75) is 12.6 Å². The van der Waals surface area contributed by atoms with Crippen LogP contribution in [0.5, 0.6) is 0 Å². The number of amides is 1. The van der Waals surface area contributed by atoms with Gasteiger partial charge in [-0.2, -0.15) is 13.2 Å². The molecule has 2 aromatic carbocycles. The molecule has 1 amide bonds. The van der Waals surface area contributed by atoms with Gasteiger partial charge in [-0.15, -0.1) is 11.3 Å². The number of hydrogen-bond donors (Lipinski definition) is 1. The van der Waals surface area contributed by atoms with E-state index in [1.807, 2.05) is 18.2 Å². The first kappa shape index (κ1) is 20.1. The lowest BCUT2D eigenvalue weighted by Gasteiger charge is -2.06. The van der Waals surface area contributed by atoms with Gasteiger partial charge in [0.05, 0.1) is 5.56 Å². The summed E-state index contributed by atoms with van der Waals surface area (Å²) in [4.78, 5) is 17.1. The smallest absolute Gasteiger partial charge is 0.298 e. The topological polar surface area (TPSA) is 42.0 Å². The van der Waals surface area contributed by atoms with Gasteiger partial charge in [0.1, 0.15) is 0 Å². The molecule has 0 spiro atoms. The Labute approximate surface area is 168 Å². The SMILES string of the molecule is O=C(/C=C/c1cccc(C(F)(F)F)c1)Nc1ncc(Cc2ccccc2Cl)s1. The average molecular weight is 423 g/mol. The van der Waals surface area contributed by atoms with E-state index >= 15 is 0 Å². The third kappa shape index (κ3) is 5.43. The molecule has 0 radical (unpaired) electrons. The maximum Gasteiger partial charge on any atom is 0.416 e.